The van der Waals surface area contributed by atoms with Gasteiger partial charge in [0.1, 0.15) is 5.82 Å². The van der Waals surface area contributed by atoms with Crippen molar-refractivity contribution in [2.75, 3.05) is 0 Å². The van der Waals surface area contributed by atoms with E-state index < -0.39 is 5.97 Å². The van der Waals surface area contributed by atoms with E-state index in [1.54, 1.807) is 12.1 Å². The van der Waals surface area contributed by atoms with Gasteiger partial charge < -0.3 is 5.11 Å². The molecule has 0 bridgehead atoms. The molecule has 0 unspecified atom stereocenters. The zero-order chi connectivity index (χ0) is 16.1. The highest BCUT2D eigenvalue weighted by molar-refractivity contribution is 6.13. The van der Waals surface area contributed by atoms with Crippen LogP contribution < -0.4 is 0 Å². The Kier molecular flexibility index (Phi) is 4.99. The average molecular weight is 298 g/mol. The predicted octanol–water partition coefficient (Wildman–Crippen LogP) is 2.92. The number of rotatable bonds is 6. The summed E-state index contributed by atoms with van der Waals surface area (Å²) in [6.07, 6.45) is 3.59. The lowest BCUT2D eigenvalue weighted by atomic mass is 10.0. The number of hydrogen-bond acceptors (Lipinski definition) is 4. The highest BCUT2D eigenvalue weighted by Crippen LogP contribution is 2.15. The Morgan fingerprint density at radius 3 is 2.36 bits per heavy atom. The van der Waals surface area contributed by atoms with Crippen molar-refractivity contribution in [1.29, 1.82) is 0 Å². The first-order valence-electron chi connectivity index (χ1n) is 7.29. The number of carbonyl (C=O) groups excluding carboxylic acids is 1. The second-order valence-corrected chi connectivity index (χ2v) is 4.98. The number of benzene rings is 1. The van der Waals surface area contributed by atoms with Crippen molar-refractivity contribution >= 4 is 11.8 Å². The van der Waals surface area contributed by atoms with E-state index in [2.05, 4.69) is 9.97 Å². The molecule has 0 aliphatic heterocycles. The quantitative estimate of drug-likeness (QED) is 0.829. The Labute approximate surface area is 129 Å². The molecular formula is C17H18N2O3. The van der Waals surface area contributed by atoms with Gasteiger partial charge in [-0.25, -0.2) is 14.8 Å². The van der Waals surface area contributed by atoms with Gasteiger partial charge in [0.15, 0.2) is 11.5 Å². The van der Waals surface area contributed by atoms with E-state index in [1.165, 1.54) is 6.20 Å². The Balaban J connectivity index is 2.41. The third kappa shape index (κ3) is 3.36. The maximum absolute atomic E-state index is 12.5. The topological polar surface area (TPSA) is 80.2 Å². The summed E-state index contributed by atoms with van der Waals surface area (Å²) < 4.78 is 0. The molecule has 0 spiro atoms. The number of aryl methyl sites for hydroxylation is 2. The largest absolute Gasteiger partial charge is 0.476 e. The molecule has 22 heavy (non-hydrogen) atoms. The van der Waals surface area contributed by atoms with Gasteiger partial charge in [0.25, 0.3) is 0 Å². The normalized spacial score (nSPS) is 10.5. The van der Waals surface area contributed by atoms with Gasteiger partial charge in [0, 0.05) is 18.2 Å². The van der Waals surface area contributed by atoms with Crippen molar-refractivity contribution in [2.45, 2.75) is 33.1 Å². The average Bonchev–Trinajstić information content (AvgIpc) is 2.54. The minimum atomic E-state index is -1.21. The molecule has 0 fully saturated rings. The van der Waals surface area contributed by atoms with Crippen molar-refractivity contribution < 1.29 is 14.7 Å². The summed E-state index contributed by atoms with van der Waals surface area (Å²) >= 11 is 0. The van der Waals surface area contributed by atoms with Gasteiger partial charge in [-0.2, -0.15) is 0 Å². The van der Waals surface area contributed by atoms with Crippen LogP contribution in [0.15, 0.2) is 30.5 Å². The number of hydrogen-bond donors (Lipinski definition) is 1. The summed E-state index contributed by atoms with van der Waals surface area (Å²) in [7, 11) is 0. The van der Waals surface area contributed by atoms with Crippen LogP contribution in [0.3, 0.4) is 0 Å². The number of aromatic nitrogens is 2. The summed E-state index contributed by atoms with van der Waals surface area (Å²) in [5.74, 6) is -1.14. The molecule has 0 aliphatic rings. The Hall–Kier alpha value is -2.56. The van der Waals surface area contributed by atoms with Crippen molar-refractivity contribution in [3.8, 4) is 0 Å². The van der Waals surface area contributed by atoms with E-state index in [0.717, 1.165) is 18.4 Å². The number of ketones is 1. The van der Waals surface area contributed by atoms with Gasteiger partial charge in [-0.15, -0.1) is 0 Å². The molecule has 1 aromatic carbocycles. The van der Waals surface area contributed by atoms with Gasteiger partial charge in [-0.3, -0.25) is 4.79 Å². The van der Waals surface area contributed by atoms with Crippen LogP contribution in [0.4, 0.5) is 0 Å². The summed E-state index contributed by atoms with van der Waals surface area (Å²) in [5.41, 5.74) is 1.34. The molecule has 5 heteroatoms. The highest BCUT2D eigenvalue weighted by atomic mass is 16.4. The SMILES string of the molecule is CCCc1ncc(C(=O)c2ccc(CC)cc2)c(C(=O)O)n1. The number of carbonyl (C=O) groups is 2. The van der Waals surface area contributed by atoms with Crippen LogP contribution in [-0.4, -0.2) is 26.8 Å². The van der Waals surface area contributed by atoms with Gasteiger partial charge in [0.05, 0.1) is 5.56 Å². The number of carboxylic acid groups (broad SMARTS) is 1. The fourth-order valence-electron chi connectivity index (χ4n) is 2.14. The van der Waals surface area contributed by atoms with E-state index in [4.69, 9.17) is 0 Å². The van der Waals surface area contributed by atoms with Gasteiger partial charge in [-0.05, 0) is 18.4 Å². The molecule has 1 heterocycles. The number of carboxylic acids is 1. The van der Waals surface area contributed by atoms with Crippen LogP contribution in [-0.2, 0) is 12.8 Å². The van der Waals surface area contributed by atoms with Crippen LogP contribution in [0.5, 0.6) is 0 Å². The second kappa shape index (κ2) is 6.93. The molecule has 0 aliphatic carbocycles. The van der Waals surface area contributed by atoms with Gasteiger partial charge in [-0.1, -0.05) is 38.1 Å². The molecule has 2 rings (SSSR count). The lowest BCUT2D eigenvalue weighted by Gasteiger charge is -2.07. The predicted molar refractivity (Wildman–Crippen MR) is 82.2 cm³/mol. The fourth-order valence-corrected chi connectivity index (χ4v) is 2.14. The smallest absolute Gasteiger partial charge is 0.355 e. The van der Waals surface area contributed by atoms with Crippen molar-refractivity contribution in [1.82, 2.24) is 9.97 Å². The Morgan fingerprint density at radius 2 is 1.82 bits per heavy atom. The van der Waals surface area contributed by atoms with Crippen molar-refractivity contribution in [3.63, 3.8) is 0 Å². The molecular weight excluding hydrogens is 280 g/mol. The molecule has 0 amide bonds. The van der Waals surface area contributed by atoms with Crippen LogP contribution in [0, 0.1) is 0 Å². The third-order valence-electron chi connectivity index (χ3n) is 3.38. The molecule has 2 aromatic rings. The number of aromatic carboxylic acids is 1. The molecule has 1 aromatic heterocycles. The monoisotopic (exact) mass is 298 g/mol. The van der Waals surface area contributed by atoms with Crippen LogP contribution in [0.25, 0.3) is 0 Å². The second-order valence-electron chi connectivity index (χ2n) is 4.98. The lowest BCUT2D eigenvalue weighted by molar-refractivity contribution is 0.0685. The molecule has 1 N–H and O–H groups in total. The fraction of sp³-hybridized carbons (Fsp3) is 0.294. The van der Waals surface area contributed by atoms with Crippen molar-refractivity contribution in [2.24, 2.45) is 0 Å². The van der Waals surface area contributed by atoms with Crippen LogP contribution in [0.1, 0.15) is 58.1 Å². The minimum absolute atomic E-state index is 0.0246. The van der Waals surface area contributed by atoms with E-state index in [-0.39, 0.29) is 17.0 Å². The third-order valence-corrected chi connectivity index (χ3v) is 3.38. The van der Waals surface area contributed by atoms with Gasteiger partial charge >= 0.3 is 5.97 Å². The Morgan fingerprint density at radius 1 is 1.14 bits per heavy atom. The molecule has 0 saturated heterocycles. The summed E-state index contributed by atoms with van der Waals surface area (Å²) in [5, 5.41) is 9.29. The maximum atomic E-state index is 12.5. The van der Waals surface area contributed by atoms with Crippen molar-refractivity contribution in [3.05, 3.63) is 58.7 Å². The highest BCUT2D eigenvalue weighted by Gasteiger charge is 2.21. The molecule has 0 radical (unpaired) electrons. The molecule has 5 nitrogen and oxygen atoms in total. The zero-order valence-corrected chi connectivity index (χ0v) is 12.7. The first kappa shape index (κ1) is 15.8. The first-order valence-corrected chi connectivity index (χ1v) is 7.29. The zero-order valence-electron chi connectivity index (χ0n) is 12.7. The Bertz CT molecular complexity index is 694. The minimum Gasteiger partial charge on any atom is -0.476 e. The first-order chi connectivity index (χ1) is 10.6. The maximum Gasteiger partial charge on any atom is 0.355 e. The molecule has 0 saturated carbocycles. The van der Waals surface area contributed by atoms with E-state index in [1.807, 2.05) is 26.0 Å². The summed E-state index contributed by atoms with van der Waals surface area (Å²) in [6, 6.07) is 7.12. The summed E-state index contributed by atoms with van der Waals surface area (Å²) in [6.45, 7) is 3.98. The lowest BCUT2D eigenvalue weighted by Crippen LogP contribution is -2.14. The van der Waals surface area contributed by atoms with Gasteiger partial charge in [0.2, 0.25) is 0 Å². The summed E-state index contributed by atoms with van der Waals surface area (Å²) in [4.78, 5) is 32.0. The standard InChI is InChI=1S/C17H18N2O3/c1-3-5-14-18-10-13(15(19-14)17(21)22)16(20)12-8-6-11(4-2)7-9-12/h6-10H,3-5H2,1-2H3,(H,21,22). The molecule has 114 valence electrons. The van der Waals surface area contributed by atoms with E-state index in [9.17, 15) is 14.7 Å². The van der Waals surface area contributed by atoms with Crippen LogP contribution >= 0.6 is 0 Å². The number of nitrogens with zero attached hydrogens (tertiary/aromatic N) is 2. The van der Waals surface area contributed by atoms with Crippen LogP contribution in [0.2, 0.25) is 0 Å². The molecule has 0 atom stereocenters. The van der Waals surface area contributed by atoms with E-state index in [0.29, 0.717) is 17.8 Å². The van der Waals surface area contributed by atoms with E-state index >= 15 is 0 Å².